The highest BCUT2D eigenvalue weighted by molar-refractivity contribution is 6.10. The number of carbonyl (C=O) groups is 2. The zero-order valence-corrected chi connectivity index (χ0v) is 17.3. The first-order chi connectivity index (χ1) is 13.7. The number of nitriles is 1. The van der Waals surface area contributed by atoms with Crippen LogP contribution in [0.2, 0.25) is 0 Å². The molecular weight excluding hydrogens is 368 g/mol. The summed E-state index contributed by atoms with van der Waals surface area (Å²) in [6.07, 6.45) is 1.53. The lowest BCUT2D eigenvalue weighted by molar-refractivity contribution is -0.142. The highest BCUT2D eigenvalue weighted by Gasteiger charge is 2.13. The van der Waals surface area contributed by atoms with Gasteiger partial charge >= 0.3 is 5.97 Å². The summed E-state index contributed by atoms with van der Waals surface area (Å²) < 4.78 is 10.1. The normalized spacial score (nSPS) is 10.8. The summed E-state index contributed by atoms with van der Waals surface area (Å²) in [6, 6.07) is 11.2. The van der Waals surface area contributed by atoms with Crippen molar-refractivity contribution in [2.75, 3.05) is 19.0 Å². The number of nitrogens with one attached hydrogen (secondary N) is 1. The van der Waals surface area contributed by atoms with Crippen LogP contribution in [0.1, 0.15) is 27.8 Å². The van der Waals surface area contributed by atoms with Crippen molar-refractivity contribution < 1.29 is 19.1 Å². The molecule has 0 fully saturated rings. The third-order valence-corrected chi connectivity index (χ3v) is 4.35. The Hall–Kier alpha value is -3.59. The predicted molar refractivity (Wildman–Crippen MR) is 112 cm³/mol. The van der Waals surface area contributed by atoms with E-state index in [-0.39, 0.29) is 12.2 Å². The molecule has 1 amide bonds. The van der Waals surface area contributed by atoms with Crippen LogP contribution < -0.4 is 10.1 Å². The number of benzene rings is 2. The summed E-state index contributed by atoms with van der Waals surface area (Å²) in [5, 5.41) is 12.2. The monoisotopic (exact) mass is 392 g/mol. The zero-order chi connectivity index (χ0) is 21.6. The third-order valence-electron chi connectivity index (χ3n) is 4.35. The number of hydrogen-bond acceptors (Lipinski definition) is 5. The molecule has 0 atom stereocenters. The number of aryl methyl sites for hydroxylation is 4. The molecule has 2 rings (SSSR count). The Balaban J connectivity index is 2.24. The molecule has 0 unspecified atom stereocenters. The van der Waals surface area contributed by atoms with Gasteiger partial charge in [-0.1, -0.05) is 17.7 Å². The summed E-state index contributed by atoms with van der Waals surface area (Å²) in [7, 11) is 1.30. The molecule has 0 saturated carbocycles. The van der Waals surface area contributed by atoms with Crippen LogP contribution in [0, 0.1) is 39.0 Å². The number of amides is 1. The molecule has 0 radical (unpaired) electrons. The molecule has 0 spiro atoms. The van der Waals surface area contributed by atoms with Gasteiger partial charge in [0.15, 0.2) is 6.61 Å². The number of ether oxygens (including phenoxy) is 2. The van der Waals surface area contributed by atoms with Crippen LogP contribution in [0.25, 0.3) is 6.08 Å². The van der Waals surface area contributed by atoms with Crippen molar-refractivity contribution in [3.8, 4) is 11.8 Å². The molecule has 1 N–H and O–H groups in total. The number of carbonyl (C=O) groups excluding carboxylic acids is 2. The average Bonchev–Trinajstić information content (AvgIpc) is 2.67. The van der Waals surface area contributed by atoms with Gasteiger partial charge in [-0.25, -0.2) is 4.79 Å². The molecule has 150 valence electrons. The van der Waals surface area contributed by atoms with Crippen LogP contribution in [0.5, 0.6) is 5.75 Å². The van der Waals surface area contributed by atoms with Crippen molar-refractivity contribution >= 4 is 23.6 Å². The summed E-state index contributed by atoms with van der Waals surface area (Å²) in [5.41, 5.74) is 4.94. The standard InChI is InChI=1S/C23H24N2O4/c1-14-6-7-20(15(2)8-14)25-23(27)19(12-24)11-18-9-16(3)22(17(4)10-18)29-13-21(26)28-5/h6-11H,13H2,1-5H3,(H,25,27)/b19-11-. The summed E-state index contributed by atoms with van der Waals surface area (Å²) in [6.45, 7) is 7.35. The molecular formula is C23H24N2O4. The van der Waals surface area contributed by atoms with Crippen LogP contribution in [0.3, 0.4) is 0 Å². The van der Waals surface area contributed by atoms with Gasteiger partial charge in [-0.2, -0.15) is 5.26 Å². The Morgan fingerprint density at radius 2 is 1.72 bits per heavy atom. The van der Waals surface area contributed by atoms with Crippen molar-refractivity contribution in [2.45, 2.75) is 27.7 Å². The van der Waals surface area contributed by atoms with E-state index in [4.69, 9.17) is 4.74 Å². The topological polar surface area (TPSA) is 88.4 Å². The fourth-order valence-corrected chi connectivity index (χ4v) is 2.94. The lowest BCUT2D eigenvalue weighted by atomic mass is 10.0. The van der Waals surface area contributed by atoms with Crippen molar-refractivity contribution in [1.29, 1.82) is 5.26 Å². The van der Waals surface area contributed by atoms with Gasteiger partial charge in [0, 0.05) is 5.69 Å². The summed E-state index contributed by atoms with van der Waals surface area (Å²) in [4.78, 5) is 23.8. The average molecular weight is 392 g/mol. The van der Waals surface area contributed by atoms with Gasteiger partial charge in [0.25, 0.3) is 5.91 Å². The molecule has 0 aliphatic heterocycles. The fourth-order valence-electron chi connectivity index (χ4n) is 2.94. The number of methoxy groups -OCH3 is 1. The number of hydrogen-bond donors (Lipinski definition) is 1. The van der Waals surface area contributed by atoms with E-state index in [0.717, 1.165) is 22.3 Å². The second kappa shape index (κ2) is 9.56. The second-order valence-corrected chi connectivity index (χ2v) is 6.79. The van der Waals surface area contributed by atoms with Gasteiger partial charge in [-0.05, 0) is 74.2 Å². The molecule has 29 heavy (non-hydrogen) atoms. The molecule has 2 aromatic rings. The van der Waals surface area contributed by atoms with Gasteiger partial charge in [-0.3, -0.25) is 4.79 Å². The Bertz CT molecular complexity index is 993. The second-order valence-electron chi connectivity index (χ2n) is 6.79. The maximum absolute atomic E-state index is 12.6. The molecule has 0 aliphatic carbocycles. The maximum Gasteiger partial charge on any atom is 0.343 e. The summed E-state index contributed by atoms with van der Waals surface area (Å²) >= 11 is 0. The van der Waals surface area contributed by atoms with E-state index < -0.39 is 11.9 Å². The fraction of sp³-hybridized carbons (Fsp3) is 0.261. The Morgan fingerprint density at radius 3 is 2.28 bits per heavy atom. The maximum atomic E-state index is 12.6. The van der Waals surface area contributed by atoms with Gasteiger partial charge in [0.1, 0.15) is 17.4 Å². The molecule has 0 bridgehead atoms. The first-order valence-electron chi connectivity index (χ1n) is 9.06. The quantitative estimate of drug-likeness (QED) is 0.456. The lowest BCUT2D eigenvalue weighted by Crippen LogP contribution is -2.14. The molecule has 0 saturated heterocycles. The van der Waals surface area contributed by atoms with Crippen molar-refractivity contribution in [3.05, 3.63) is 63.7 Å². The van der Waals surface area contributed by atoms with Gasteiger partial charge in [0.05, 0.1) is 7.11 Å². The van der Waals surface area contributed by atoms with E-state index in [9.17, 15) is 14.9 Å². The van der Waals surface area contributed by atoms with Crippen LogP contribution in [-0.2, 0) is 14.3 Å². The van der Waals surface area contributed by atoms with E-state index in [1.807, 2.05) is 52.0 Å². The van der Waals surface area contributed by atoms with Gasteiger partial charge in [-0.15, -0.1) is 0 Å². The van der Waals surface area contributed by atoms with Gasteiger partial charge < -0.3 is 14.8 Å². The largest absolute Gasteiger partial charge is 0.481 e. The van der Waals surface area contributed by atoms with E-state index in [2.05, 4.69) is 10.1 Å². The lowest BCUT2D eigenvalue weighted by Gasteiger charge is -2.12. The molecule has 6 nitrogen and oxygen atoms in total. The third kappa shape index (κ3) is 5.69. The molecule has 0 aromatic heterocycles. The predicted octanol–water partition coefficient (Wildman–Crippen LogP) is 4.02. The molecule has 0 aliphatic rings. The Kier molecular flexibility index (Phi) is 7.15. The minimum atomic E-state index is -0.472. The highest BCUT2D eigenvalue weighted by Crippen LogP contribution is 2.26. The Morgan fingerprint density at radius 1 is 1.07 bits per heavy atom. The summed E-state index contributed by atoms with van der Waals surface area (Å²) in [5.74, 6) is -0.367. The first-order valence-corrected chi connectivity index (χ1v) is 9.06. The Labute approximate surface area is 170 Å². The minimum absolute atomic E-state index is 0.00740. The van der Waals surface area contributed by atoms with Crippen LogP contribution in [0.4, 0.5) is 5.69 Å². The number of esters is 1. The van der Waals surface area contributed by atoms with E-state index in [1.54, 1.807) is 12.1 Å². The first kappa shape index (κ1) is 21.7. The van der Waals surface area contributed by atoms with Crippen LogP contribution >= 0.6 is 0 Å². The zero-order valence-electron chi connectivity index (χ0n) is 17.3. The minimum Gasteiger partial charge on any atom is -0.481 e. The van der Waals surface area contributed by atoms with Crippen molar-refractivity contribution in [2.24, 2.45) is 0 Å². The molecule has 2 aromatic carbocycles. The molecule has 0 heterocycles. The highest BCUT2D eigenvalue weighted by atomic mass is 16.6. The van der Waals surface area contributed by atoms with Crippen LogP contribution in [0.15, 0.2) is 35.9 Å². The van der Waals surface area contributed by atoms with E-state index >= 15 is 0 Å². The van der Waals surface area contributed by atoms with E-state index in [1.165, 1.54) is 13.2 Å². The smallest absolute Gasteiger partial charge is 0.343 e. The molecule has 6 heteroatoms. The van der Waals surface area contributed by atoms with Crippen molar-refractivity contribution in [1.82, 2.24) is 0 Å². The number of nitrogens with zero attached hydrogens (tertiary/aromatic N) is 1. The van der Waals surface area contributed by atoms with Gasteiger partial charge in [0.2, 0.25) is 0 Å². The van der Waals surface area contributed by atoms with E-state index in [0.29, 0.717) is 17.0 Å². The number of rotatable bonds is 6. The van der Waals surface area contributed by atoms with Crippen LogP contribution in [-0.4, -0.2) is 25.6 Å². The SMILES string of the molecule is COC(=O)COc1c(C)cc(/C=C(/C#N)C(=O)Nc2ccc(C)cc2C)cc1C. The van der Waals surface area contributed by atoms with Crippen molar-refractivity contribution in [3.63, 3.8) is 0 Å². The number of anilines is 1.